The van der Waals surface area contributed by atoms with E-state index >= 15 is 0 Å². The van der Waals surface area contributed by atoms with Crippen molar-refractivity contribution in [2.75, 3.05) is 0 Å². The van der Waals surface area contributed by atoms with Crippen LogP contribution in [-0.4, -0.2) is 26.0 Å². The van der Waals surface area contributed by atoms with E-state index in [2.05, 4.69) is 30.9 Å². The summed E-state index contributed by atoms with van der Waals surface area (Å²) < 4.78 is 1.70. The molecule has 0 spiro atoms. The van der Waals surface area contributed by atoms with Gasteiger partial charge in [0.15, 0.2) is 0 Å². The molecule has 0 aliphatic rings. The Balaban J connectivity index is 2.57. The van der Waals surface area contributed by atoms with Crippen molar-refractivity contribution in [3.05, 3.63) is 12.2 Å². The molecule has 4 nitrogen and oxygen atoms in total. The number of aliphatic hydroxyl groups excluding tert-OH is 1. The Kier molecular flexibility index (Phi) is 3.63. The van der Waals surface area contributed by atoms with Crippen LogP contribution < -0.4 is 0 Å². The van der Waals surface area contributed by atoms with Crippen molar-refractivity contribution in [3.63, 3.8) is 0 Å². The van der Waals surface area contributed by atoms with Gasteiger partial charge in [-0.3, -0.25) is 4.68 Å². The van der Waals surface area contributed by atoms with Gasteiger partial charge in [0.1, 0.15) is 12.2 Å². The van der Waals surface area contributed by atoms with E-state index in [1.54, 1.807) is 4.68 Å². The van der Waals surface area contributed by atoms with Crippen molar-refractivity contribution in [1.29, 1.82) is 0 Å². The minimum atomic E-state index is -0.335. The third-order valence-corrected chi connectivity index (χ3v) is 2.86. The fourth-order valence-corrected chi connectivity index (χ4v) is 1.32. The second-order valence-electron chi connectivity index (χ2n) is 4.17. The van der Waals surface area contributed by atoms with Crippen LogP contribution >= 0.6 is 0 Å². The zero-order chi connectivity index (χ0) is 10.7. The summed E-state index contributed by atoms with van der Waals surface area (Å²) in [6, 6.07) is 0. The molecule has 80 valence electrons. The van der Waals surface area contributed by atoms with Gasteiger partial charge in [0, 0.05) is 13.5 Å². The predicted octanol–water partition coefficient (Wildman–Crippen LogP) is 1.01. The monoisotopic (exact) mass is 197 g/mol. The first-order chi connectivity index (χ1) is 6.52. The Labute approximate surface area is 85.0 Å². The highest BCUT2D eigenvalue weighted by molar-refractivity contribution is 4.88. The summed E-state index contributed by atoms with van der Waals surface area (Å²) in [5.74, 6) is 1.61. The van der Waals surface area contributed by atoms with Crippen LogP contribution in [0.5, 0.6) is 0 Å². The van der Waals surface area contributed by atoms with Crippen molar-refractivity contribution >= 4 is 0 Å². The number of hydrogen-bond acceptors (Lipinski definition) is 3. The molecule has 1 rings (SSSR count). The maximum Gasteiger partial charge on any atom is 0.138 e. The van der Waals surface area contributed by atoms with Gasteiger partial charge in [0.25, 0.3) is 0 Å². The molecule has 0 radical (unpaired) electrons. The molecule has 0 aromatic carbocycles. The van der Waals surface area contributed by atoms with Crippen molar-refractivity contribution in [2.24, 2.45) is 18.9 Å². The number of aromatic nitrogens is 3. The van der Waals surface area contributed by atoms with Crippen LogP contribution in [0.3, 0.4) is 0 Å². The first-order valence-electron chi connectivity index (χ1n) is 5.03. The van der Waals surface area contributed by atoms with Crippen molar-refractivity contribution in [1.82, 2.24) is 14.8 Å². The molecular weight excluding hydrogens is 178 g/mol. The molecule has 14 heavy (non-hydrogen) atoms. The molecule has 0 aliphatic heterocycles. The molecule has 1 heterocycles. The summed E-state index contributed by atoms with van der Waals surface area (Å²) in [6.07, 6.45) is 1.76. The largest absolute Gasteiger partial charge is 0.392 e. The lowest BCUT2D eigenvalue weighted by Gasteiger charge is -2.21. The topological polar surface area (TPSA) is 50.9 Å². The lowest BCUT2D eigenvalue weighted by molar-refractivity contribution is 0.0895. The Morgan fingerprint density at radius 2 is 2.07 bits per heavy atom. The number of nitrogens with zero attached hydrogens (tertiary/aromatic N) is 3. The Morgan fingerprint density at radius 3 is 2.50 bits per heavy atom. The molecule has 0 saturated carbocycles. The van der Waals surface area contributed by atoms with Crippen LogP contribution in [0.15, 0.2) is 6.33 Å². The van der Waals surface area contributed by atoms with Crippen molar-refractivity contribution < 1.29 is 5.11 Å². The molecule has 4 heteroatoms. The lowest BCUT2D eigenvalue weighted by atomic mass is 9.90. The molecule has 1 aromatic rings. The van der Waals surface area contributed by atoms with Gasteiger partial charge in [-0.15, -0.1) is 0 Å². The molecule has 0 amide bonds. The SMILES string of the molecule is CC(C)C(C)C(O)Cc1ncnn1C. The molecule has 0 saturated heterocycles. The van der Waals surface area contributed by atoms with E-state index in [0.717, 1.165) is 5.82 Å². The van der Waals surface area contributed by atoms with E-state index < -0.39 is 0 Å². The molecule has 0 aliphatic carbocycles. The van der Waals surface area contributed by atoms with Gasteiger partial charge in [0.05, 0.1) is 6.10 Å². The van der Waals surface area contributed by atoms with Gasteiger partial charge >= 0.3 is 0 Å². The van der Waals surface area contributed by atoms with E-state index in [1.807, 2.05) is 7.05 Å². The average molecular weight is 197 g/mol. The normalized spacial score (nSPS) is 15.9. The van der Waals surface area contributed by atoms with Crippen LogP contribution in [0.25, 0.3) is 0 Å². The smallest absolute Gasteiger partial charge is 0.138 e. The second-order valence-corrected chi connectivity index (χ2v) is 4.17. The van der Waals surface area contributed by atoms with Gasteiger partial charge in [-0.2, -0.15) is 5.10 Å². The Hall–Kier alpha value is -0.900. The quantitative estimate of drug-likeness (QED) is 0.783. The third-order valence-electron chi connectivity index (χ3n) is 2.86. The maximum absolute atomic E-state index is 9.90. The molecular formula is C10H19N3O. The third kappa shape index (κ3) is 2.54. The van der Waals surface area contributed by atoms with E-state index in [1.165, 1.54) is 6.33 Å². The van der Waals surface area contributed by atoms with E-state index in [4.69, 9.17) is 0 Å². The number of aryl methyl sites for hydroxylation is 1. The highest BCUT2D eigenvalue weighted by atomic mass is 16.3. The zero-order valence-electron chi connectivity index (χ0n) is 9.31. The summed E-state index contributed by atoms with van der Waals surface area (Å²) >= 11 is 0. The van der Waals surface area contributed by atoms with Gasteiger partial charge < -0.3 is 5.11 Å². The maximum atomic E-state index is 9.90. The minimum Gasteiger partial charge on any atom is -0.392 e. The number of rotatable bonds is 4. The Bertz CT molecular complexity index is 283. The van der Waals surface area contributed by atoms with Gasteiger partial charge in [-0.05, 0) is 11.8 Å². The van der Waals surface area contributed by atoms with E-state index in [0.29, 0.717) is 12.3 Å². The molecule has 0 fully saturated rings. The van der Waals surface area contributed by atoms with Crippen LogP contribution in [0.1, 0.15) is 26.6 Å². The molecule has 1 N–H and O–H groups in total. The summed E-state index contributed by atoms with van der Waals surface area (Å²) in [4.78, 5) is 4.09. The Morgan fingerprint density at radius 1 is 1.43 bits per heavy atom. The standard InChI is InChI=1S/C10H19N3O/c1-7(2)8(3)9(14)5-10-11-6-12-13(10)4/h6-9,14H,5H2,1-4H3. The summed E-state index contributed by atoms with van der Waals surface area (Å²) in [7, 11) is 1.84. The number of hydrogen-bond donors (Lipinski definition) is 1. The zero-order valence-corrected chi connectivity index (χ0v) is 9.31. The van der Waals surface area contributed by atoms with Crippen LogP contribution in [-0.2, 0) is 13.5 Å². The van der Waals surface area contributed by atoms with Gasteiger partial charge in [-0.1, -0.05) is 20.8 Å². The summed E-state index contributed by atoms with van der Waals surface area (Å²) in [5, 5.41) is 13.9. The molecule has 0 bridgehead atoms. The first-order valence-corrected chi connectivity index (χ1v) is 5.03. The lowest BCUT2D eigenvalue weighted by Crippen LogP contribution is -2.25. The fraction of sp³-hybridized carbons (Fsp3) is 0.800. The molecule has 2 atom stereocenters. The van der Waals surface area contributed by atoms with Gasteiger partial charge in [-0.25, -0.2) is 4.98 Å². The highest BCUT2D eigenvalue weighted by Crippen LogP contribution is 2.16. The van der Waals surface area contributed by atoms with E-state index in [9.17, 15) is 5.11 Å². The minimum absolute atomic E-state index is 0.284. The molecule has 1 aromatic heterocycles. The van der Waals surface area contributed by atoms with E-state index in [-0.39, 0.29) is 12.0 Å². The van der Waals surface area contributed by atoms with Crippen LogP contribution in [0.4, 0.5) is 0 Å². The van der Waals surface area contributed by atoms with Crippen LogP contribution in [0.2, 0.25) is 0 Å². The van der Waals surface area contributed by atoms with Crippen molar-refractivity contribution in [3.8, 4) is 0 Å². The highest BCUT2D eigenvalue weighted by Gasteiger charge is 2.19. The fourth-order valence-electron chi connectivity index (χ4n) is 1.32. The average Bonchev–Trinajstić information content (AvgIpc) is 2.50. The summed E-state index contributed by atoms with van der Waals surface area (Å²) in [5.41, 5.74) is 0. The summed E-state index contributed by atoms with van der Waals surface area (Å²) in [6.45, 7) is 6.29. The van der Waals surface area contributed by atoms with Gasteiger partial charge in [0.2, 0.25) is 0 Å². The predicted molar refractivity (Wildman–Crippen MR) is 54.7 cm³/mol. The van der Waals surface area contributed by atoms with Crippen molar-refractivity contribution in [2.45, 2.75) is 33.3 Å². The molecule has 2 unspecified atom stereocenters. The second kappa shape index (κ2) is 4.55. The number of aliphatic hydroxyl groups is 1. The van der Waals surface area contributed by atoms with Crippen LogP contribution in [0, 0.1) is 11.8 Å². The first kappa shape index (κ1) is 11.2.